The Morgan fingerprint density at radius 3 is 2.80 bits per heavy atom. The lowest BCUT2D eigenvalue weighted by molar-refractivity contribution is 0.546. The number of hydrogen-bond donors (Lipinski definition) is 1. The second kappa shape index (κ2) is 3.94. The summed E-state index contributed by atoms with van der Waals surface area (Å²) in [5, 5.41) is 5.61. The van der Waals surface area contributed by atoms with E-state index >= 15 is 0 Å². The zero-order chi connectivity index (χ0) is 11.0. The molecule has 0 aliphatic heterocycles. The maximum atomic E-state index is 5.74. The Balaban J connectivity index is 2.82. The molecule has 0 unspecified atom stereocenters. The van der Waals surface area contributed by atoms with Crippen LogP contribution in [0.3, 0.4) is 0 Å². The fraction of sp³-hybridized carbons (Fsp3) is 0.364. The van der Waals surface area contributed by atoms with Gasteiger partial charge in [0.15, 0.2) is 0 Å². The summed E-state index contributed by atoms with van der Waals surface area (Å²) in [5.74, 6) is 0. The van der Waals surface area contributed by atoms with E-state index in [2.05, 4.69) is 47.0 Å². The monoisotopic (exact) mass is 267 g/mol. The molecule has 0 aliphatic rings. The van der Waals surface area contributed by atoms with Gasteiger partial charge in [-0.05, 0) is 35.3 Å². The third-order valence-electron chi connectivity index (χ3n) is 2.48. The summed E-state index contributed by atoms with van der Waals surface area (Å²) in [5.41, 5.74) is 8.02. The van der Waals surface area contributed by atoms with Crippen molar-refractivity contribution < 1.29 is 0 Å². The van der Waals surface area contributed by atoms with Crippen LogP contribution in [-0.2, 0) is 6.54 Å². The molecule has 0 spiro atoms. The highest BCUT2D eigenvalue weighted by molar-refractivity contribution is 9.10. The van der Waals surface area contributed by atoms with Crippen molar-refractivity contribution in [3.8, 4) is 0 Å². The highest BCUT2D eigenvalue weighted by Gasteiger charge is 2.13. The van der Waals surface area contributed by atoms with Crippen molar-refractivity contribution in [2.75, 3.05) is 0 Å². The Labute approximate surface area is 97.4 Å². The van der Waals surface area contributed by atoms with Crippen molar-refractivity contribution in [1.29, 1.82) is 0 Å². The van der Waals surface area contributed by atoms with Crippen LogP contribution in [0.25, 0.3) is 10.9 Å². The normalized spacial score (nSPS) is 11.5. The van der Waals surface area contributed by atoms with Crippen molar-refractivity contribution in [2.45, 2.75) is 26.4 Å². The first-order valence-electron chi connectivity index (χ1n) is 5.00. The van der Waals surface area contributed by atoms with Crippen LogP contribution in [0.5, 0.6) is 0 Å². The average molecular weight is 268 g/mol. The molecule has 0 amide bonds. The summed E-state index contributed by atoms with van der Waals surface area (Å²) in [4.78, 5) is 0. The molecule has 4 heteroatoms. The minimum absolute atomic E-state index is 0.339. The lowest BCUT2D eigenvalue weighted by atomic mass is 10.1. The molecule has 0 saturated heterocycles. The Morgan fingerprint density at radius 2 is 2.20 bits per heavy atom. The molecule has 2 rings (SSSR count). The number of rotatable bonds is 2. The molecule has 1 heterocycles. The number of hydrogen-bond acceptors (Lipinski definition) is 2. The van der Waals surface area contributed by atoms with Gasteiger partial charge in [-0.1, -0.05) is 18.2 Å². The molecule has 0 radical (unpaired) electrons. The van der Waals surface area contributed by atoms with E-state index in [0.717, 1.165) is 21.1 Å². The standard InChI is InChI=1S/C11H14BrN3/c1-7(2)15-10-8(6-13)4-3-5-9(10)11(12)14-15/h3-5,7H,6,13H2,1-2H3. The number of nitrogens with zero attached hydrogens (tertiary/aromatic N) is 2. The van der Waals surface area contributed by atoms with E-state index < -0.39 is 0 Å². The van der Waals surface area contributed by atoms with E-state index in [1.54, 1.807) is 0 Å². The second-order valence-electron chi connectivity index (χ2n) is 3.85. The van der Waals surface area contributed by atoms with E-state index in [0.29, 0.717) is 12.6 Å². The zero-order valence-electron chi connectivity index (χ0n) is 8.87. The van der Waals surface area contributed by atoms with Crippen LogP contribution in [0.4, 0.5) is 0 Å². The van der Waals surface area contributed by atoms with E-state index in [-0.39, 0.29) is 0 Å². The molecule has 2 N–H and O–H groups in total. The van der Waals surface area contributed by atoms with Crippen LogP contribution < -0.4 is 5.73 Å². The molecular weight excluding hydrogens is 254 g/mol. The van der Waals surface area contributed by atoms with Crippen molar-refractivity contribution in [3.63, 3.8) is 0 Å². The summed E-state index contributed by atoms with van der Waals surface area (Å²) >= 11 is 3.48. The van der Waals surface area contributed by atoms with Gasteiger partial charge in [0.05, 0.1) is 5.52 Å². The lowest BCUT2D eigenvalue weighted by Gasteiger charge is -2.09. The number of benzene rings is 1. The average Bonchev–Trinajstić information content (AvgIpc) is 2.56. The maximum Gasteiger partial charge on any atom is 0.136 e. The molecule has 0 aliphatic carbocycles. The summed E-state index contributed by atoms with van der Waals surface area (Å²) in [7, 11) is 0. The number of para-hydroxylation sites is 1. The van der Waals surface area contributed by atoms with Gasteiger partial charge in [0, 0.05) is 18.0 Å². The fourth-order valence-corrected chi connectivity index (χ4v) is 2.26. The molecule has 1 aromatic carbocycles. The van der Waals surface area contributed by atoms with Gasteiger partial charge in [-0.2, -0.15) is 5.10 Å². The topological polar surface area (TPSA) is 43.8 Å². The minimum Gasteiger partial charge on any atom is -0.326 e. The molecule has 15 heavy (non-hydrogen) atoms. The molecule has 2 aromatic rings. The van der Waals surface area contributed by atoms with Crippen LogP contribution in [0, 0.1) is 0 Å². The van der Waals surface area contributed by atoms with Crippen LogP contribution in [0.15, 0.2) is 22.8 Å². The van der Waals surface area contributed by atoms with E-state index in [1.165, 1.54) is 0 Å². The lowest BCUT2D eigenvalue weighted by Crippen LogP contribution is -2.06. The smallest absolute Gasteiger partial charge is 0.136 e. The van der Waals surface area contributed by atoms with Crippen molar-refractivity contribution >= 4 is 26.8 Å². The van der Waals surface area contributed by atoms with Crippen molar-refractivity contribution in [3.05, 3.63) is 28.4 Å². The van der Waals surface area contributed by atoms with Gasteiger partial charge in [-0.3, -0.25) is 4.68 Å². The van der Waals surface area contributed by atoms with Gasteiger partial charge < -0.3 is 5.73 Å². The summed E-state index contributed by atoms with van der Waals surface area (Å²) in [6.07, 6.45) is 0. The number of aromatic nitrogens is 2. The van der Waals surface area contributed by atoms with Gasteiger partial charge in [0.25, 0.3) is 0 Å². The van der Waals surface area contributed by atoms with Gasteiger partial charge in [-0.15, -0.1) is 0 Å². The predicted molar refractivity (Wildman–Crippen MR) is 65.7 cm³/mol. The van der Waals surface area contributed by atoms with Gasteiger partial charge >= 0.3 is 0 Å². The summed E-state index contributed by atoms with van der Waals surface area (Å²) < 4.78 is 2.91. The third-order valence-corrected chi connectivity index (χ3v) is 3.06. The van der Waals surface area contributed by atoms with Gasteiger partial charge in [0.1, 0.15) is 4.60 Å². The van der Waals surface area contributed by atoms with Crippen molar-refractivity contribution in [1.82, 2.24) is 9.78 Å². The van der Waals surface area contributed by atoms with E-state index in [9.17, 15) is 0 Å². The maximum absolute atomic E-state index is 5.74. The molecule has 0 fully saturated rings. The van der Waals surface area contributed by atoms with Crippen molar-refractivity contribution in [2.24, 2.45) is 5.73 Å². The molecule has 0 atom stereocenters. The number of fused-ring (bicyclic) bond motifs is 1. The first kappa shape index (κ1) is 10.6. The molecule has 1 aromatic heterocycles. The largest absolute Gasteiger partial charge is 0.326 e. The quantitative estimate of drug-likeness (QED) is 0.910. The highest BCUT2D eigenvalue weighted by atomic mass is 79.9. The summed E-state index contributed by atoms with van der Waals surface area (Å²) in [6.45, 7) is 4.78. The Morgan fingerprint density at radius 1 is 1.47 bits per heavy atom. The Kier molecular flexibility index (Phi) is 2.80. The Hall–Kier alpha value is -0.870. The molecule has 80 valence electrons. The van der Waals surface area contributed by atoms with Crippen LogP contribution >= 0.6 is 15.9 Å². The molecule has 3 nitrogen and oxygen atoms in total. The molecule has 0 bridgehead atoms. The third kappa shape index (κ3) is 1.68. The first-order valence-corrected chi connectivity index (χ1v) is 5.80. The summed E-state index contributed by atoms with van der Waals surface area (Å²) in [6, 6.07) is 6.47. The minimum atomic E-state index is 0.339. The van der Waals surface area contributed by atoms with Gasteiger partial charge in [0.2, 0.25) is 0 Å². The van der Waals surface area contributed by atoms with E-state index in [1.807, 2.05) is 10.7 Å². The van der Waals surface area contributed by atoms with Gasteiger partial charge in [-0.25, -0.2) is 0 Å². The van der Waals surface area contributed by atoms with E-state index in [4.69, 9.17) is 5.73 Å². The first-order chi connectivity index (χ1) is 7.15. The molecule has 0 saturated carbocycles. The highest BCUT2D eigenvalue weighted by Crippen LogP contribution is 2.28. The molecular formula is C11H14BrN3. The number of halogens is 1. The van der Waals surface area contributed by atoms with Crippen LogP contribution in [-0.4, -0.2) is 9.78 Å². The predicted octanol–water partition coefficient (Wildman–Crippen LogP) is 2.84. The number of nitrogens with two attached hydrogens (primary N) is 1. The second-order valence-corrected chi connectivity index (χ2v) is 4.60. The fourth-order valence-electron chi connectivity index (χ4n) is 1.77. The Bertz CT molecular complexity index is 488. The van der Waals surface area contributed by atoms with Crippen LogP contribution in [0.1, 0.15) is 25.5 Å². The SMILES string of the molecule is CC(C)n1nc(Br)c2cccc(CN)c21. The van der Waals surface area contributed by atoms with Crippen LogP contribution in [0.2, 0.25) is 0 Å². The zero-order valence-corrected chi connectivity index (χ0v) is 10.5.